The van der Waals surface area contributed by atoms with Crippen molar-refractivity contribution in [2.45, 2.75) is 57.5 Å². The van der Waals surface area contributed by atoms with Gasteiger partial charge in [0.1, 0.15) is 0 Å². The normalized spacial score (nSPS) is 20.6. The van der Waals surface area contributed by atoms with Gasteiger partial charge in [-0.3, -0.25) is 14.4 Å². The summed E-state index contributed by atoms with van der Waals surface area (Å²) in [7, 11) is 4.20. The van der Waals surface area contributed by atoms with Crippen molar-refractivity contribution in [3.05, 3.63) is 39.3 Å². The Morgan fingerprint density at radius 1 is 1.30 bits per heavy atom. The minimum absolute atomic E-state index is 0.148. The van der Waals surface area contributed by atoms with Crippen molar-refractivity contribution in [1.29, 1.82) is 0 Å². The molecule has 1 aliphatic heterocycles. The lowest BCUT2D eigenvalue weighted by atomic mass is 9.90. The Hall–Kier alpha value is -1.66. The molecule has 1 atom stereocenters. The summed E-state index contributed by atoms with van der Waals surface area (Å²) in [5.74, 6) is 0.148. The highest BCUT2D eigenvalue weighted by Gasteiger charge is 2.32. The number of amides is 1. The van der Waals surface area contributed by atoms with Gasteiger partial charge in [0.2, 0.25) is 0 Å². The summed E-state index contributed by atoms with van der Waals surface area (Å²) < 4.78 is 1.95. The number of carbonyl (C=O) groups excluding carboxylic acids is 1. The smallest absolute Gasteiger partial charge is 0.274 e. The molecule has 1 saturated heterocycles. The van der Waals surface area contributed by atoms with Gasteiger partial charge < -0.3 is 4.90 Å². The molecule has 146 valence electrons. The van der Waals surface area contributed by atoms with Crippen molar-refractivity contribution in [2.75, 3.05) is 20.1 Å². The average molecular weight is 387 g/mol. The van der Waals surface area contributed by atoms with Crippen LogP contribution >= 0.6 is 11.3 Å². The number of fused-ring (bicyclic) bond motifs is 1. The molecule has 0 unspecified atom stereocenters. The zero-order valence-electron chi connectivity index (χ0n) is 16.5. The van der Waals surface area contributed by atoms with Crippen molar-refractivity contribution >= 4 is 17.2 Å². The van der Waals surface area contributed by atoms with Crippen LogP contribution in [0.4, 0.5) is 0 Å². The molecule has 0 aromatic carbocycles. The third-order valence-corrected chi connectivity index (χ3v) is 6.89. The topological polar surface area (TPSA) is 41.4 Å². The number of hydrogen-bond acceptors (Lipinski definition) is 4. The van der Waals surface area contributed by atoms with Crippen LogP contribution in [-0.4, -0.2) is 51.7 Å². The molecule has 4 rings (SSSR count). The summed E-state index contributed by atoms with van der Waals surface area (Å²) in [6.45, 7) is 2.73. The van der Waals surface area contributed by atoms with E-state index in [-0.39, 0.29) is 5.91 Å². The van der Waals surface area contributed by atoms with Gasteiger partial charge in [0.25, 0.3) is 5.91 Å². The Morgan fingerprint density at radius 2 is 2.07 bits per heavy atom. The van der Waals surface area contributed by atoms with Crippen molar-refractivity contribution in [3.63, 3.8) is 0 Å². The molecular weight excluding hydrogens is 356 g/mol. The van der Waals surface area contributed by atoms with Gasteiger partial charge in [-0.15, -0.1) is 0 Å². The SMILES string of the molecule is CN(Cc1ccsc1)[C@@H]1CCc2c(c(C(=O)N3CCCCCC3)nn2C)C1. The Labute approximate surface area is 166 Å². The van der Waals surface area contributed by atoms with E-state index in [2.05, 4.69) is 33.9 Å². The van der Waals surface area contributed by atoms with Gasteiger partial charge in [-0.05, 0) is 61.5 Å². The second kappa shape index (κ2) is 8.15. The summed E-state index contributed by atoms with van der Waals surface area (Å²) in [5.41, 5.74) is 4.54. The van der Waals surface area contributed by atoms with E-state index >= 15 is 0 Å². The van der Waals surface area contributed by atoms with Crippen LogP contribution in [0, 0.1) is 0 Å². The van der Waals surface area contributed by atoms with Gasteiger partial charge in [0.15, 0.2) is 5.69 Å². The van der Waals surface area contributed by atoms with E-state index in [1.54, 1.807) is 11.3 Å². The van der Waals surface area contributed by atoms with Crippen molar-refractivity contribution in [1.82, 2.24) is 19.6 Å². The van der Waals surface area contributed by atoms with E-state index in [0.717, 1.165) is 51.7 Å². The number of hydrogen-bond donors (Lipinski definition) is 0. The van der Waals surface area contributed by atoms with Crippen molar-refractivity contribution in [2.24, 2.45) is 7.05 Å². The van der Waals surface area contributed by atoms with E-state index in [4.69, 9.17) is 0 Å². The standard InChI is InChI=1S/C21H30N4OS/c1-23(14-16-9-12-27-15-16)17-7-8-19-18(13-17)20(22-24(19)2)21(26)25-10-5-3-4-6-11-25/h9,12,15,17H,3-8,10-11,13-14H2,1-2H3/t17-/m1/s1. The number of nitrogens with zero attached hydrogens (tertiary/aromatic N) is 4. The van der Waals surface area contributed by atoms with Crippen LogP contribution < -0.4 is 0 Å². The van der Waals surface area contributed by atoms with Crippen LogP contribution in [0.5, 0.6) is 0 Å². The molecule has 3 heterocycles. The first kappa shape index (κ1) is 18.7. The third kappa shape index (κ3) is 3.97. The van der Waals surface area contributed by atoms with Gasteiger partial charge in [-0.2, -0.15) is 16.4 Å². The molecule has 5 nitrogen and oxygen atoms in total. The molecule has 2 aromatic heterocycles. The van der Waals surface area contributed by atoms with E-state index < -0.39 is 0 Å². The van der Waals surface area contributed by atoms with Gasteiger partial charge >= 0.3 is 0 Å². The zero-order valence-corrected chi connectivity index (χ0v) is 17.3. The maximum absolute atomic E-state index is 13.2. The van der Waals surface area contributed by atoms with Crippen LogP contribution in [0.1, 0.15) is 59.4 Å². The second-order valence-corrected chi connectivity index (χ2v) is 8.83. The van der Waals surface area contributed by atoms with Crippen LogP contribution in [0.15, 0.2) is 16.8 Å². The Kier molecular flexibility index (Phi) is 5.64. The molecule has 0 spiro atoms. The summed E-state index contributed by atoms with van der Waals surface area (Å²) in [4.78, 5) is 17.7. The largest absolute Gasteiger partial charge is 0.337 e. The quantitative estimate of drug-likeness (QED) is 0.808. The lowest BCUT2D eigenvalue weighted by molar-refractivity contribution is 0.0753. The summed E-state index contributed by atoms with van der Waals surface area (Å²) in [5, 5.41) is 9.04. The summed E-state index contributed by atoms with van der Waals surface area (Å²) >= 11 is 1.75. The van der Waals surface area contributed by atoms with E-state index in [1.165, 1.54) is 29.7 Å². The van der Waals surface area contributed by atoms with Gasteiger partial charge in [0.05, 0.1) is 0 Å². The fraction of sp³-hybridized carbons (Fsp3) is 0.619. The number of aromatic nitrogens is 2. The summed E-state index contributed by atoms with van der Waals surface area (Å²) in [6, 6.07) is 2.67. The van der Waals surface area contributed by atoms with E-state index in [9.17, 15) is 4.79 Å². The predicted molar refractivity (Wildman–Crippen MR) is 109 cm³/mol. The first-order chi connectivity index (χ1) is 13.1. The first-order valence-electron chi connectivity index (χ1n) is 10.2. The van der Waals surface area contributed by atoms with Crippen LogP contribution in [0.25, 0.3) is 0 Å². The lowest BCUT2D eigenvalue weighted by Crippen LogP contribution is -2.37. The van der Waals surface area contributed by atoms with E-state index in [0.29, 0.717) is 11.7 Å². The molecule has 1 fully saturated rings. The second-order valence-electron chi connectivity index (χ2n) is 8.05. The maximum atomic E-state index is 13.2. The van der Waals surface area contributed by atoms with Crippen molar-refractivity contribution < 1.29 is 4.79 Å². The average Bonchev–Trinajstić information content (AvgIpc) is 3.19. The first-order valence-corrected chi connectivity index (χ1v) is 11.1. The number of thiophene rings is 1. The van der Waals surface area contributed by atoms with Gasteiger partial charge in [-0.1, -0.05) is 12.8 Å². The Morgan fingerprint density at radius 3 is 2.78 bits per heavy atom. The number of aryl methyl sites for hydroxylation is 1. The van der Waals surface area contributed by atoms with E-state index in [1.807, 2.05) is 16.6 Å². The molecule has 6 heteroatoms. The molecule has 2 aromatic rings. The van der Waals surface area contributed by atoms with Crippen LogP contribution in [-0.2, 0) is 26.4 Å². The number of rotatable bonds is 4. The number of likely N-dealkylation sites (N-methyl/N-ethyl adjacent to an activating group) is 1. The molecule has 0 bridgehead atoms. The van der Waals surface area contributed by atoms with Crippen molar-refractivity contribution in [3.8, 4) is 0 Å². The number of likely N-dealkylation sites (tertiary alicyclic amines) is 1. The maximum Gasteiger partial charge on any atom is 0.274 e. The minimum Gasteiger partial charge on any atom is -0.337 e. The monoisotopic (exact) mass is 386 g/mol. The fourth-order valence-electron chi connectivity index (χ4n) is 4.54. The molecule has 2 aliphatic rings. The van der Waals surface area contributed by atoms with Gasteiger partial charge in [0, 0.05) is 44.0 Å². The highest BCUT2D eigenvalue weighted by atomic mass is 32.1. The lowest BCUT2D eigenvalue weighted by Gasteiger charge is -2.31. The fourth-order valence-corrected chi connectivity index (χ4v) is 5.20. The molecule has 27 heavy (non-hydrogen) atoms. The number of carbonyl (C=O) groups is 1. The summed E-state index contributed by atoms with van der Waals surface area (Å²) in [6.07, 6.45) is 7.77. The Bertz CT molecular complexity index is 774. The highest BCUT2D eigenvalue weighted by Crippen LogP contribution is 2.28. The minimum atomic E-state index is 0.148. The predicted octanol–water partition coefficient (Wildman–Crippen LogP) is 3.49. The zero-order chi connectivity index (χ0) is 18.8. The third-order valence-electron chi connectivity index (χ3n) is 6.16. The van der Waals surface area contributed by atoms with Gasteiger partial charge in [-0.25, -0.2) is 0 Å². The molecule has 0 radical (unpaired) electrons. The molecule has 0 N–H and O–H groups in total. The molecule has 1 amide bonds. The molecular formula is C21H30N4OS. The molecule has 1 aliphatic carbocycles. The Balaban J connectivity index is 1.52. The van der Waals surface area contributed by atoms with Crippen LogP contribution in [0.3, 0.4) is 0 Å². The van der Waals surface area contributed by atoms with Crippen LogP contribution in [0.2, 0.25) is 0 Å². The molecule has 0 saturated carbocycles. The highest BCUT2D eigenvalue weighted by molar-refractivity contribution is 7.07.